The van der Waals surface area contributed by atoms with Gasteiger partial charge in [-0.25, -0.2) is 9.69 Å². The van der Waals surface area contributed by atoms with E-state index in [1.165, 1.54) is 18.2 Å². The summed E-state index contributed by atoms with van der Waals surface area (Å²) in [6.07, 6.45) is 0.0668. The molecule has 0 radical (unpaired) electrons. The van der Waals surface area contributed by atoms with Crippen molar-refractivity contribution in [2.24, 2.45) is 11.3 Å². The van der Waals surface area contributed by atoms with Gasteiger partial charge in [0.2, 0.25) is 11.8 Å². The number of nitrogens with two attached hydrogens (primary N) is 1. The van der Waals surface area contributed by atoms with Crippen molar-refractivity contribution in [1.29, 1.82) is 0 Å². The lowest BCUT2D eigenvalue weighted by atomic mass is 9.78. The molecule has 3 N–H and O–H groups in total. The second kappa shape index (κ2) is 4.87. The van der Waals surface area contributed by atoms with Crippen LogP contribution >= 0.6 is 0 Å². The van der Waals surface area contributed by atoms with Crippen LogP contribution in [0.25, 0.3) is 0 Å². The lowest BCUT2D eigenvalue weighted by Gasteiger charge is -2.26. The SMILES string of the molecule is CC(C)C1(C)CC(=O)N(c2cc(N)ccc2C(=O)O)C1=O. The predicted octanol–water partition coefficient (Wildman–Crippen LogP) is 1.89. The lowest BCUT2D eigenvalue weighted by Crippen LogP contribution is -2.37. The van der Waals surface area contributed by atoms with Crippen LogP contribution in [-0.4, -0.2) is 22.9 Å². The van der Waals surface area contributed by atoms with E-state index in [0.717, 1.165) is 4.90 Å². The molecule has 6 heteroatoms. The molecule has 6 nitrogen and oxygen atoms in total. The Morgan fingerprint density at radius 1 is 1.38 bits per heavy atom. The molecule has 0 spiro atoms. The Kier molecular flexibility index (Phi) is 3.49. The van der Waals surface area contributed by atoms with Crippen LogP contribution in [0.4, 0.5) is 11.4 Å². The van der Waals surface area contributed by atoms with E-state index in [-0.39, 0.29) is 29.5 Å². The van der Waals surface area contributed by atoms with E-state index in [1.54, 1.807) is 6.92 Å². The Labute approximate surface area is 122 Å². The van der Waals surface area contributed by atoms with Gasteiger partial charge in [-0.3, -0.25) is 9.59 Å². The van der Waals surface area contributed by atoms with Gasteiger partial charge in [0.05, 0.1) is 16.7 Å². The van der Waals surface area contributed by atoms with Crippen molar-refractivity contribution in [3.8, 4) is 0 Å². The molecule has 1 fully saturated rings. The molecule has 0 bridgehead atoms. The minimum Gasteiger partial charge on any atom is -0.478 e. The molecule has 1 aliphatic rings. The van der Waals surface area contributed by atoms with E-state index in [1.807, 2.05) is 13.8 Å². The summed E-state index contributed by atoms with van der Waals surface area (Å²) in [5.41, 5.74) is 5.08. The first kappa shape index (κ1) is 15.0. The molecule has 1 aromatic rings. The summed E-state index contributed by atoms with van der Waals surface area (Å²) in [6, 6.07) is 4.09. The highest BCUT2D eigenvalue weighted by Gasteiger charge is 2.51. The highest BCUT2D eigenvalue weighted by atomic mass is 16.4. The van der Waals surface area contributed by atoms with Gasteiger partial charge in [0.15, 0.2) is 0 Å². The Bertz CT molecular complexity index is 639. The van der Waals surface area contributed by atoms with Crippen LogP contribution in [0.3, 0.4) is 0 Å². The average Bonchev–Trinajstić information content (AvgIpc) is 2.60. The molecule has 112 valence electrons. The number of carboxylic acid groups (broad SMARTS) is 1. The molecule has 1 heterocycles. The summed E-state index contributed by atoms with van der Waals surface area (Å²) >= 11 is 0. The number of imide groups is 1. The standard InChI is InChI=1S/C15H18N2O4/c1-8(2)15(3)7-12(18)17(14(15)21)11-6-9(16)4-5-10(11)13(19)20/h4-6,8H,7,16H2,1-3H3,(H,19,20). The van der Waals surface area contributed by atoms with Crippen molar-refractivity contribution in [2.45, 2.75) is 27.2 Å². The van der Waals surface area contributed by atoms with Gasteiger partial charge in [-0.05, 0) is 31.0 Å². The van der Waals surface area contributed by atoms with Crippen LogP contribution in [0.2, 0.25) is 0 Å². The molecule has 1 saturated heterocycles. The van der Waals surface area contributed by atoms with Gasteiger partial charge in [-0.15, -0.1) is 0 Å². The maximum absolute atomic E-state index is 12.6. The zero-order valence-corrected chi connectivity index (χ0v) is 12.2. The normalized spacial score (nSPS) is 22.2. The minimum absolute atomic E-state index is 0.0340. The highest BCUT2D eigenvalue weighted by molar-refractivity contribution is 6.24. The Morgan fingerprint density at radius 2 is 2.00 bits per heavy atom. The van der Waals surface area contributed by atoms with Gasteiger partial charge in [0.1, 0.15) is 0 Å². The summed E-state index contributed by atoms with van der Waals surface area (Å²) < 4.78 is 0. The molecule has 0 saturated carbocycles. The van der Waals surface area contributed by atoms with Gasteiger partial charge in [-0.2, -0.15) is 0 Å². The van der Waals surface area contributed by atoms with Crippen molar-refractivity contribution < 1.29 is 19.5 Å². The molecule has 1 aliphatic heterocycles. The van der Waals surface area contributed by atoms with Crippen molar-refractivity contribution in [2.75, 3.05) is 10.6 Å². The summed E-state index contributed by atoms with van der Waals surface area (Å²) in [6.45, 7) is 5.46. The average molecular weight is 290 g/mol. The number of carbonyl (C=O) groups excluding carboxylic acids is 2. The largest absolute Gasteiger partial charge is 0.478 e. The minimum atomic E-state index is -1.20. The van der Waals surface area contributed by atoms with E-state index < -0.39 is 17.3 Å². The molecule has 2 rings (SSSR count). The number of hydrogen-bond donors (Lipinski definition) is 2. The van der Waals surface area contributed by atoms with Crippen LogP contribution in [0.5, 0.6) is 0 Å². The number of benzene rings is 1. The third kappa shape index (κ3) is 2.26. The maximum Gasteiger partial charge on any atom is 0.337 e. The fraction of sp³-hybridized carbons (Fsp3) is 0.400. The summed E-state index contributed by atoms with van der Waals surface area (Å²) in [4.78, 5) is 37.2. The first-order valence-corrected chi connectivity index (χ1v) is 6.68. The van der Waals surface area contributed by atoms with Gasteiger partial charge in [-0.1, -0.05) is 13.8 Å². The predicted molar refractivity (Wildman–Crippen MR) is 77.9 cm³/mol. The van der Waals surface area contributed by atoms with Crippen molar-refractivity contribution in [3.63, 3.8) is 0 Å². The number of amides is 2. The third-order valence-electron chi connectivity index (χ3n) is 4.23. The zero-order chi connectivity index (χ0) is 15.9. The van der Waals surface area contributed by atoms with E-state index in [4.69, 9.17) is 5.73 Å². The fourth-order valence-corrected chi connectivity index (χ4v) is 2.45. The molecule has 0 aliphatic carbocycles. The summed E-state index contributed by atoms with van der Waals surface area (Å²) in [7, 11) is 0. The van der Waals surface area contributed by atoms with Crippen LogP contribution in [0.1, 0.15) is 37.6 Å². The molecule has 0 aromatic heterocycles. The number of nitrogen functional groups attached to an aromatic ring is 1. The monoisotopic (exact) mass is 290 g/mol. The van der Waals surface area contributed by atoms with Gasteiger partial charge < -0.3 is 10.8 Å². The smallest absolute Gasteiger partial charge is 0.337 e. The number of nitrogens with zero attached hydrogens (tertiary/aromatic N) is 1. The third-order valence-corrected chi connectivity index (χ3v) is 4.23. The quantitative estimate of drug-likeness (QED) is 0.654. The fourth-order valence-electron chi connectivity index (χ4n) is 2.45. The van der Waals surface area contributed by atoms with E-state index >= 15 is 0 Å². The molecule has 2 amide bonds. The zero-order valence-electron chi connectivity index (χ0n) is 12.2. The van der Waals surface area contributed by atoms with Gasteiger partial charge in [0.25, 0.3) is 0 Å². The van der Waals surface area contributed by atoms with Gasteiger partial charge >= 0.3 is 5.97 Å². The Hall–Kier alpha value is -2.37. The van der Waals surface area contributed by atoms with E-state index in [0.29, 0.717) is 5.69 Å². The van der Waals surface area contributed by atoms with Crippen LogP contribution in [-0.2, 0) is 9.59 Å². The molecule has 1 unspecified atom stereocenters. The number of aromatic carboxylic acids is 1. The van der Waals surface area contributed by atoms with Crippen molar-refractivity contribution in [3.05, 3.63) is 23.8 Å². The summed E-state index contributed by atoms with van der Waals surface area (Å²) in [5, 5.41) is 9.24. The van der Waals surface area contributed by atoms with Crippen LogP contribution < -0.4 is 10.6 Å². The molecule has 1 atom stereocenters. The Balaban J connectivity index is 2.58. The number of carboxylic acids is 1. The lowest BCUT2D eigenvalue weighted by molar-refractivity contribution is -0.126. The molecular formula is C15H18N2O4. The number of rotatable bonds is 3. The number of carbonyl (C=O) groups is 3. The van der Waals surface area contributed by atoms with E-state index in [9.17, 15) is 19.5 Å². The summed E-state index contributed by atoms with van der Waals surface area (Å²) in [5.74, 6) is -2.02. The highest BCUT2D eigenvalue weighted by Crippen LogP contribution is 2.42. The molecule has 1 aromatic carbocycles. The second-order valence-electron chi connectivity index (χ2n) is 5.86. The topological polar surface area (TPSA) is 101 Å². The maximum atomic E-state index is 12.6. The second-order valence-corrected chi connectivity index (χ2v) is 5.86. The van der Waals surface area contributed by atoms with Crippen LogP contribution in [0.15, 0.2) is 18.2 Å². The van der Waals surface area contributed by atoms with Crippen molar-refractivity contribution in [1.82, 2.24) is 0 Å². The molecule has 21 heavy (non-hydrogen) atoms. The van der Waals surface area contributed by atoms with Crippen molar-refractivity contribution >= 4 is 29.2 Å². The molecular weight excluding hydrogens is 272 g/mol. The number of hydrogen-bond acceptors (Lipinski definition) is 4. The Morgan fingerprint density at radius 3 is 2.48 bits per heavy atom. The van der Waals surface area contributed by atoms with Gasteiger partial charge in [0, 0.05) is 12.1 Å². The first-order valence-electron chi connectivity index (χ1n) is 6.68. The van der Waals surface area contributed by atoms with E-state index in [2.05, 4.69) is 0 Å². The van der Waals surface area contributed by atoms with Crippen LogP contribution in [0, 0.1) is 11.3 Å². The number of anilines is 2. The first-order chi connectivity index (χ1) is 9.68.